The first kappa shape index (κ1) is 20.4. The molecule has 0 saturated carbocycles. The number of nitrogens with zero attached hydrogens (tertiary/aromatic N) is 5. The summed E-state index contributed by atoms with van der Waals surface area (Å²) in [6.07, 6.45) is -0.0447. The molecule has 10 heteroatoms. The number of halogens is 2. The van der Waals surface area contributed by atoms with Gasteiger partial charge in [-0.15, -0.1) is 0 Å². The first-order chi connectivity index (χ1) is 13.8. The monoisotopic (exact) mass is 405 g/mol. The minimum absolute atomic E-state index is 0.246. The van der Waals surface area contributed by atoms with Crippen LogP contribution in [0.15, 0.2) is 35.3 Å². The van der Waals surface area contributed by atoms with Crippen molar-refractivity contribution in [2.75, 3.05) is 20.7 Å². The Balaban J connectivity index is 1.83. The molecule has 2 heterocycles. The molecule has 0 radical (unpaired) electrons. The van der Waals surface area contributed by atoms with Crippen LogP contribution in [0, 0.1) is 0 Å². The highest BCUT2D eigenvalue weighted by Gasteiger charge is 2.20. The van der Waals surface area contributed by atoms with Gasteiger partial charge in [0.2, 0.25) is 0 Å². The third-order valence-electron chi connectivity index (χ3n) is 4.34. The van der Waals surface area contributed by atoms with Crippen LogP contribution in [0.3, 0.4) is 0 Å². The molecule has 29 heavy (non-hydrogen) atoms. The van der Waals surface area contributed by atoms with E-state index in [1.807, 2.05) is 6.07 Å². The lowest BCUT2D eigenvalue weighted by atomic mass is 10.1. The Morgan fingerprint density at radius 1 is 1.28 bits per heavy atom. The summed E-state index contributed by atoms with van der Waals surface area (Å²) >= 11 is 0. The Morgan fingerprint density at radius 3 is 2.72 bits per heavy atom. The van der Waals surface area contributed by atoms with Crippen molar-refractivity contribution < 1.29 is 18.3 Å². The number of imidazole rings is 1. The fourth-order valence-corrected chi connectivity index (χ4v) is 2.85. The second kappa shape index (κ2) is 8.38. The van der Waals surface area contributed by atoms with Gasteiger partial charge < -0.3 is 9.64 Å². The lowest BCUT2D eigenvalue weighted by molar-refractivity contribution is 0.0818. The van der Waals surface area contributed by atoms with E-state index >= 15 is 0 Å². The maximum Gasteiger partial charge on any atom is 0.338 e. The molecular weight excluding hydrogens is 384 g/mol. The molecule has 0 aliphatic heterocycles. The zero-order valence-corrected chi connectivity index (χ0v) is 16.3. The normalized spacial score (nSPS) is 11.2. The van der Waals surface area contributed by atoms with Crippen molar-refractivity contribution >= 4 is 17.2 Å². The number of rotatable bonds is 6. The van der Waals surface area contributed by atoms with E-state index in [9.17, 15) is 18.4 Å². The average Bonchev–Trinajstić information content (AvgIpc) is 2.94. The van der Waals surface area contributed by atoms with Crippen molar-refractivity contribution in [3.63, 3.8) is 0 Å². The number of carbonyl (C=O) groups excluding carboxylic acids is 1. The van der Waals surface area contributed by atoms with Gasteiger partial charge in [-0.1, -0.05) is 12.1 Å². The minimum atomic E-state index is -2.54. The fourth-order valence-electron chi connectivity index (χ4n) is 2.85. The van der Waals surface area contributed by atoms with Crippen LogP contribution >= 0.6 is 0 Å². The smallest absolute Gasteiger partial charge is 0.338 e. The molecule has 1 aromatic carbocycles. The van der Waals surface area contributed by atoms with Gasteiger partial charge in [0, 0.05) is 27.6 Å². The van der Waals surface area contributed by atoms with Gasteiger partial charge in [-0.2, -0.15) is 4.57 Å². The molecule has 3 rings (SSSR count). The number of hydrogen-bond donors (Lipinski definition) is 0. The Bertz CT molecular complexity index is 1090. The third-order valence-corrected chi connectivity index (χ3v) is 4.34. The lowest BCUT2D eigenvalue weighted by Crippen LogP contribution is -2.35. The number of amides is 1. The first-order valence-electron chi connectivity index (χ1n) is 8.93. The van der Waals surface area contributed by atoms with Crippen LogP contribution in [0.1, 0.15) is 11.4 Å². The SMILES string of the molecule is CN(C)C(=O)n1c(=O)n(C)c2cnc(CCc3cccc(OCC(F)F)c3)nc21. The highest BCUT2D eigenvalue weighted by Crippen LogP contribution is 2.16. The molecule has 2 aromatic heterocycles. The predicted octanol–water partition coefficient (Wildman–Crippen LogP) is 2.09. The van der Waals surface area contributed by atoms with Crippen LogP contribution in [-0.2, 0) is 19.9 Å². The van der Waals surface area contributed by atoms with Crippen LogP contribution in [0.4, 0.5) is 13.6 Å². The molecule has 0 saturated heterocycles. The Hall–Kier alpha value is -3.30. The van der Waals surface area contributed by atoms with Gasteiger partial charge in [-0.3, -0.25) is 4.57 Å². The van der Waals surface area contributed by atoms with E-state index in [-0.39, 0.29) is 5.65 Å². The summed E-state index contributed by atoms with van der Waals surface area (Å²) in [6.45, 7) is -0.658. The molecule has 0 N–H and O–H groups in total. The van der Waals surface area contributed by atoms with Gasteiger partial charge in [0.1, 0.15) is 23.7 Å². The van der Waals surface area contributed by atoms with Crippen LogP contribution in [0.5, 0.6) is 5.75 Å². The number of carbonyl (C=O) groups is 1. The van der Waals surface area contributed by atoms with Crippen molar-refractivity contribution in [1.29, 1.82) is 0 Å². The van der Waals surface area contributed by atoms with Gasteiger partial charge in [-0.05, 0) is 24.1 Å². The zero-order valence-electron chi connectivity index (χ0n) is 16.3. The van der Waals surface area contributed by atoms with Gasteiger partial charge in [-0.25, -0.2) is 28.3 Å². The van der Waals surface area contributed by atoms with E-state index in [0.717, 1.165) is 10.1 Å². The minimum Gasteiger partial charge on any atom is -0.488 e. The fraction of sp³-hybridized carbons (Fsp3) is 0.368. The maximum absolute atomic E-state index is 12.4. The molecule has 1 amide bonds. The van der Waals surface area contributed by atoms with E-state index in [4.69, 9.17) is 4.74 Å². The highest BCUT2D eigenvalue weighted by atomic mass is 19.3. The molecular formula is C19H21F2N5O3. The number of ether oxygens (including phenoxy) is 1. The summed E-state index contributed by atoms with van der Waals surface area (Å²) < 4.78 is 32.0. The Kier molecular flexibility index (Phi) is 5.90. The number of aryl methyl sites for hydroxylation is 3. The van der Waals surface area contributed by atoms with Crippen molar-refractivity contribution in [3.05, 3.63) is 52.3 Å². The van der Waals surface area contributed by atoms with Crippen molar-refractivity contribution in [1.82, 2.24) is 24.0 Å². The van der Waals surface area contributed by atoms with Gasteiger partial charge in [0.15, 0.2) is 5.65 Å². The topological polar surface area (TPSA) is 82.2 Å². The van der Waals surface area contributed by atoms with Gasteiger partial charge in [0.25, 0.3) is 6.43 Å². The molecule has 0 fully saturated rings. The molecule has 0 aliphatic rings. The summed E-state index contributed by atoms with van der Waals surface area (Å²) in [5.41, 5.74) is 1.08. The standard InChI is InChI=1S/C19H21F2N5O3/c1-24(2)18(27)26-17-14(25(3)19(26)28)10-22-16(23-17)8-7-12-5-4-6-13(9-12)29-11-15(20)21/h4-6,9-10,15H,7-8,11H2,1-3H3. The molecule has 154 valence electrons. The molecule has 3 aromatic rings. The molecule has 0 unspecified atom stereocenters. The van der Waals surface area contributed by atoms with Crippen LogP contribution in [-0.4, -0.2) is 57.2 Å². The van der Waals surface area contributed by atoms with Crippen LogP contribution in [0.2, 0.25) is 0 Å². The Morgan fingerprint density at radius 2 is 2.03 bits per heavy atom. The largest absolute Gasteiger partial charge is 0.488 e. The highest BCUT2D eigenvalue weighted by molar-refractivity contribution is 5.86. The number of aromatic nitrogens is 4. The third kappa shape index (κ3) is 4.41. The lowest BCUT2D eigenvalue weighted by Gasteiger charge is -2.10. The predicted molar refractivity (Wildman–Crippen MR) is 103 cm³/mol. The van der Waals surface area contributed by atoms with E-state index in [1.165, 1.54) is 15.7 Å². The number of hydrogen-bond acceptors (Lipinski definition) is 5. The summed E-state index contributed by atoms with van der Waals surface area (Å²) in [7, 11) is 4.66. The average molecular weight is 405 g/mol. The van der Waals surface area contributed by atoms with Crippen LogP contribution < -0.4 is 10.4 Å². The number of fused-ring (bicyclic) bond motifs is 1. The molecule has 0 aliphatic carbocycles. The quantitative estimate of drug-likeness (QED) is 0.627. The maximum atomic E-state index is 12.4. The molecule has 0 atom stereocenters. The summed E-state index contributed by atoms with van der Waals surface area (Å²) in [5, 5.41) is 0. The van der Waals surface area contributed by atoms with Gasteiger partial charge >= 0.3 is 11.7 Å². The van der Waals surface area contributed by atoms with E-state index in [0.29, 0.717) is 29.9 Å². The van der Waals surface area contributed by atoms with E-state index < -0.39 is 24.8 Å². The second-order valence-electron chi connectivity index (χ2n) is 6.70. The number of benzene rings is 1. The molecule has 8 nitrogen and oxygen atoms in total. The van der Waals surface area contributed by atoms with E-state index in [1.54, 1.807) is 39.3 Å². The molecule has 0 spiro atoms. The Labute approximate surface area is 165 Å². The van der Waals surface area contributed by atoms with Crippen molar-refractivity contribution in [2.24, 2.45) is 7.05 Å². The number of alkyl halides is 2. The van der Waals surface area contributed by atoms with Crippen molar-refractivity contribution in [2.45, 2.75) is 19.3 Å². The van der Waals surface area contributed by atoms with E-state index in [2.05, 4.69) is 9.97 Å². The molecule has 0 bridgehead atoms. The second-order valence-corrected chi connectivity index (χ2v) is 6.70. The summed E-state index contributed by atoms with van der Waals surface area (Å²) in [5.74, 6) is 0.829. The zero-order chi connectivity index (χ0) is 21.1. The first-order valence-corrected chi connectivity index (χ1v) is 8.93. The summed E-state index contributed by atoms with van der Waals surface area (Å²) in [6, 6.07) is 6.39. The van der Waals surface area contributed by atoms with Gasteiger partial charge in [0.05, 0.1) is 6.20 Å². The summed E-state index contributed by atoms with van der Waals surface area (Å²) in [4.78, 5) is 34.8. The van der Waals surface area contributed by atoms with Crippen LogP contribution in [0.25, 0.3) is 11.2 Å². The van der Waals surface area contributed by atoms with Crippen molar-refractivity contribution in [3.8, 4) is 5.75 Å².